The number of amides is 1. The van der Waals surface area contributed by atoms with Crippen LogP contribution in [0.5, 0.6) is 0 Å². The predicted molar refractivity (Wildman–Crippen MR) is 100.0 cm³/mol. The molecule has 1 amide bonds. The number of halogens is 1. The number of nitrogens with zero attached hydrogens (tertiary/aromatic N) is 1. The molecule has 0 spiro atoms. The molecule has 3 N–H and O–H groups in total. The second-order valence-electron chi connectivity index (χ2n) is 5.60. The van der Waals surface area contributed by atoms with Gasteiger partial charge in [-0.2, -0.15) is 16.5 Å². The fraction of sp³-hybridized carbons (Fsp3) is 0.533. The van der Waals surface area contributed by atoms with Gasteiger partial charge in [-0.25, -0.2) is 8.42 Å². The number of hydrogen-bond donors (Lipinski definition) is 2. The number of nitrogens with two attached hydrogens (primary N) is 1. The summed E-state index contributed by atoms with van der Waals surface area (Å²) in [6, 6.07) is 7.33. The summed E-state index contributed by atoms with van der Waals surface area (Å²) in [6.07, 6.45) is 3.14. The summed E-state index contributed by atoms with van der Waals surface area (Å²) in [4.78, 5) is 14.5. The zero-order chi connectivity index (χ0) is 16.9. The van der Waals surface area contributed by atoms with Crippen LogP contribution >= 0.6 is 24.2 Å². The van der Waals surface area contributed by atoms with Crippen molar-refractivity contribution < 1.29 is 13.2 Å². The lowest BCUT2D eigenvalue weighted by atomic mass is 10.2. The van der Waals surface area contributed by atoms with Gasteiger partial charge in [-0.1, -0.05) is 18.2 Å². The highest BCUT2D eigenvalue weighted by atomic mass is 35.5. The van der Waals surface area contributed by atoms with E-state index in [1.807, 2.05) is 6.26 Å². The molecule has 0 saturated carbocycles. The molecule has 1 fully saturated rings. The predicted octanol–water partition coefficient (Wildman–Crippen LogP) is 1.07. The average molecular weight is 394 g/mol. The van der Waals surface area contributed by atoms with Gasteiger partial charge in [0.15, 0.2) is 0 Å². The van der Waals surface area contributed by atoms with Gasteiger partial charge in [0.1, 0.15) is 6.04 Å². The van der Waals surface area contributed by atoms with Gasteiger partial charge in [0, 0.05) is 19.1 Å². The van der Waals surface area contributed by atoms with Gasteiger partial charge in [-0.15, -0.1) is 12.4 Å². The molecule has 24 heavy (non-hydrogen) atoms. The Labute approximate surface area is 154 Å². The maximum absolute atomic E-state index is 12.6. The summed E-state index contributed by atoms with van der Waals surface area (Å²) in [5.74, 6) is 0.514. The largest absolute Gasteiger partial charge is 0.340 e. The number of nitrogens with one attached hydrogen (secondary N) is 1. The summed E-state index contributed by atoms with van der Waals surface area (Å²) in [5.41, 5.74) is 5.84. The van der Waals surface area contributed by atoms with Crippen molar-refractivity contribution in [2.45, 2.75) is 29.8 Å². The van der Waals surface area contributed by atoms with Crippen LogP contribution in [0.25, 0.3) is 0 Å². The second-order valence-corrected chi connectivity index (χ2v) is 8.30. The molecule has 136 valence electrons. The van der Waals surface area contributed by atoms with Gasteiger partial charge in [0.25, 0.3) is 0 Å². The van der Waals surface area contributed by atoms with E-state index in [9.17, 15) is 13.2 Å². The smallest absolute Gasteiger partial charge is 0.241 e. The molecule has 1 aromatic rings. The minimum Gasteiger partial charge on any atom is -0.340 e. The van der Waals surface area contributed by atoms with Crippen LogP contribution in [0.1, 0.15) is 12.8 Å². The Morgan fingerprint density at radius 3 is 2.62 bits per heavy atom. The van der Waals surface area contributed by atoms with Gasteiger partial charge >= 0.3 is 0 Å². The number of likely N-dealkylation sites (tertiary alicyclic amines) is 1. The van der Waals surface area contributed by atoms with Crippen molar-refractivity contribution in [3.8, 4) is 0 Å². The van der Waals surface area contributed by atoms with Crippen molar-refractivity contribution in [3.05, 3.63) is 30.3 Å². The molecule has 1 heterocycles. The first kappa shape index (κ1) is 21.2. The van der Waals surface area contributed by atoms with E-state index in [0.717, 1.165) is 6.42 Å². The molecular weight excluding hydrogens is 370 g/mol. The molecule has 1 unspecified atom stereocenters. The van der Waals surface area contributed by atoms with Crippen molar-refractivity contribution in [2.24, 2.45) is 5.73 Å². The van der Waals surface area contributed by atoms with Crippen LogP contribution in [-0.2, 0) is 14.8 Å². The van der Waals surface area contributed by atoms with Crippen LogP contribution in [0.4, 0.5) is 0 Å². The molecule has 0 radical (unpaired) electrons. The van der Waals surface area contributed by atoms with Crippen LogP contribution in [0, 0.1) is 0 Å². The Morgan fingerprint density at radius 2 is 2.08 bits per heavy atom. The van der Waals surface area contributed by atoms with E-state index >= 15 is 0 Å². The van der Waals surface area contributed by atoms with Crippen molar-refractivity contribution >= 4 is 40.1 Å². The summed E-state index contributed by atoms with van der Waals surface area (Å²) in [5, 5.41) is 0. The zero-order valence-electron chi connectivity index (χ0n) is 13.6. The monoisotopic (exact) mass is 393 g/mol. The van der Waals surface area contributed by atoms with E-state index < -0.39 is 16.1 Å². The van der Waals surface area contributed by atoms with E-state index in [1.54, 1.807) is 34.9 Å². The molecule has 9 heteroatoms. The Bertz CT molecular complexity index is 628. The van der Waals surface area contributed by atoms with Crippen molar-refractivity contribution in [3.63, 3.8) is 0 Å². The summed E-state index contributed by atoms with van der Waals surface area (Å²) < 4.78 is 27.5. The number of sulfonamides is 1. The van der Waals surface area contributed by atoms with E-state index in [2.05, 4.69) is 4.72 Å². The SMILES string of the molecule is CSCCC(NS(=O)(=O)c1ccccc1)C(=O)N1CC[C@@H](N)C1.Cl. The molecule has 6 nitrogen and oxygen atoms in total. The van der Waals surface area contributed by atoms with Crippen LogP contribution in [0.2, 0.25) is 0 Å². The topological polar surface area (TPSA) is 92.5 Å². The molecular formula is C15H24ClN3O3S2. The number of carbonyl (C=O) groups is 1. The van der Waals surface area contributed by atoms with E-state index in [1.165, 1.54) is 12.1 Å². The fourth-order valence-electron chi connectivity index (χ4n) is 2.53. The van der Waals surface area contributed by atoms with E-state index in [0.29, 0.717) is 25.3 Å². The summed E-state index contributed by atoms with van der Waals surface area (Å²) in [6.45, 7) is 1.07. The highest BCUT2D eigenvalue weighted by Crippen LogP contribution is 2.15. The molecule has 1 aromatic carbocycles. The molecule has 1 saturated heterocycles. The van der Waals surface area contributed by atoms with Crippen LogP contribution in [0.15, 0.2) is 35.2 Å². The Hall–Kier alpha value is -0.800. The third-order valence-corrected chi connectivity index (χ3v) is 5.93. The highest BCUT2D eigenvalue weighted by Gasteiger charge is 2.32. The number of benzene rings is 1. The maximum atomic E-state index is 12.6. The van der Waals surface area contributed by atoms with Crippen molar-refractivity contribution in [2.75, 3.05) is 25.1 Å². The number of rotatable bonds is 7. The zero-order valence-corrected chi connectivity index (χ0v) is 16.0. The van der Waals surface area contributed by atoms with Crippen molar-refractivity contribution in [1.29, 1.82) is 0 Å². The lowest BCUT2D eigenvalue weighted by Gasteiger charge is -2.24. The molecule has 0 aromatic heterocycles. The average Bonchev–Trinajstić information content (AvgIpc) is 2.98. The lowest BCUT2D eigenvalue weighted by molar-refractivity contribution is -0.132. The molecule has 1 aliphatic rings. The standard InChI is InChI=1S/C15H23N3O3S2.ClH/c1-22-10-8-14(15(19)18-9-7-12(16)11-18)17-23(20,21)13-5-3-2-4-6-13;/h2-6,12,14,17H,7-11,16H2,1H3;1H/t12-,14?;/m1./s1. The first-order chi connectivity index (χ1) is 10.9. The number of hydrogen-bond acceptors (Lipinski definition) is 5. The minimum atomic E-state index is -3.72. The molecule has 2 rings (SSSR count). The van der Waals surface area contributed by atoms with Crippen LogP contribution in [0.3, 0.4) is 0 Å². The quantitative estimate of drug-likeness (QED) is 0.722. The summed E-state index contributed by atoms with van der Waals surface area (Å²) >= 11 is 1.58. The fourth-order valence-corrected chi connectivity index (χ4v) is 4.25. The van der Waals surface area contributed by atoms with Crippen LogP contribution < -0.4 is 10.5 Å². The van der Waals surface area contributed by atoms with Gasteiger partial charge in [-0.05, 0) is 37.0 Å². The Kier molecular flexibility index (Phi) is 8.52. The molecule has 0 bridgehead atoms. The van der Waals surface area contributed by atoms with E-state index in [-0.39, 0.29) is 29.3 Å². The van der Waals surface area contributed by atoms with Gasteiger partial charge in [0.05, 0.1) is 4.90 Å². The molecule has 1 aliphatic heterocycles. The first-order valence-electron chi connectivity index (χ1n) is 7.54. The van der Waals surface area contributed by atoms with Crippen LogP contribution in [-0.4, -0.2) is 56.4 Å². The highest BCUT2D eigenvalue weighted by molar-refractivity contribution is 7.98. The molecule has 2 atom stereocenters. The van der Waals surface area contributed by atoms with E-state index in [4.69, 9.17) is 5.73 Å². The lowest BCUT2D eigenvalue weighted by Crippen LogP contribution is -2.48. The first-order valence-corrected chi connectivity index (χ1v) is 10.4. The van der Waals surface area contributed by atoms with Crippen molar-refractivity contribution in [1.82, 2.24) is 9.62 Å². The van der Waals surface area contributed by atoms with Gasteiger partial charge < -0.3 is 10.6 Å². The number of carbonyl (C=O) groups excluding carboxylic acids is 1. The summed E-state index contributed by atoms with van der Waals surface area (Å²) in [7, 11) is -3.72. The Balaban J connectivity index is 0.00000288. The Morgan fingerprint density at radius 1 is 1.42 bits per heavy atom. The third kappa shape index (κ3) is 5.63. The van der Waals surface area contributed by atoms with Gasteiger partial charge in [-0.3, -0.25) is 4.79 Å². The maximum Gasteiger partial charge on any atom is 0.241 e. The normalized spacial score (nSPS) is 18.9. The third-order valence-electron chi connectivity index (χ3n) is 3.80. The molecule has 0 aliphatic carbocycles. The minimum absolute atomic E-state index is 0. The number of thioether (sulfide) groups is 1. The van der Waals surface area contributed by atoms with Gasteiger partial charge in [0.2, 0.25) is 15.9 Å². The second kappa shape index (κ2) is 9.62.